The highest BCUT2D eigenvalue weighted by Gasteiger charge is 2.13. The van der Waals surface area contributed by atoms with E-state index < -0.39 is 6.10 Å². The molecule has 1 heterocycles. The number of aliphatic hydroxyl groups excluding tert-OH is 1. The Labute approximate surface area is 119 Å². The Morgan fingerprint density at radius 3 is 2.60 bits per heavy atom. The highest BCUT2D eigenvalue weighted by molar-refractivity contribution is 5.35. The summed E-state index contributed by atoms with van der Waals surface area (Å²) in [5.74, 6) is 0.853. The lowest BCUT2D eigenvalue weighted by molar-refractivity contribution is 0.170. The molecule has 106 valence electrons. The van der Waals surface area contributed by atoms with Gasteiger partial charge >= 0.3 is 0 Å². The number of aliphatic hydroxyl groups is 1. The summed E-state index contributed by atoms with van der Waals surface area (Å²) in [6.45, 7) is 2.53. The molecule has 0 saturated heterocycles. The third kappa shape index (κ3) is 3.56. The van der Waals surface area contributed by atoms with E-state index in [1.54, 1.807) is 19.5 Å². The van der Waals surface area contributed by atoms with E-state index in [0.29, 0.717) is 6.54 Å². The number of para-hydroxylation sites is 1. The van der Waals surface area contributed by atoms with Crippen LogP contribution in [-0.4, -0.2) is 23.7 Å². The molecule has 2 rings (SSSR count). The molecular formula is C16H20N2O2. The van der Waals surface area contributed by atoms with Crippen molar-refractivity contribution in [2.45, 2.75) is 19.1 Å². The maximum absolute atomic E-state index is 10.1. The van der Waals surface area contributed by atoms with Gasteiger partial charge in [-0.25, -0.2) is 0 Å². The largest absolute Gasteiger partial charge is 0.496 e. The fourth-order valence-electron chi connectivity index (χ4n) is 2.13. The van der Waals surface area contributed by atoms with Gasteiger partial charge in [0.15, 0.2) is 0 Å². The first-order chi connectivity index (χ1) is 9.72. The van der Waals surface area contributed by atoms with Gasteiger partial charge in [0.1, 0.15) is 5.75 Å². The first-order valence-corrected chi connectivity index (χ1v) is 6.66. The van der Waals surface area contributed by atoms with E-state index in [1.165, 1.54) is 0 Å². The molecule has 0 aliphatic rings. The third-order valence-electron chi connectivity index (χ3n) is 3.31. The summed E-state index contributed by atoms with van der Waals surface area (Å²) in [7, 11) is 1.66. The second kappa shape index (κ2) is 7.03. The monoisotopic (exact) mass is 272 g/mol. The molecule has 0 saturated carbocycles. The topological polar surface area (TPSA) is 54.4 Å². The van der Waals surface area contributed by atoms with Crippen LogP contribution in [0.2, 0.25) is 0 Å². The molecule has 1 aromatic heterocycles. The predicted octanol–water partition coefficient (Wildman–Crippen LogP) is 2.47. The van der Waals surface area contributed by atoms with Crippen molar-refractivity contribution >= 4 is 0 Å². The standard InChI is InChI=1S/C16H20N2O2/c1-12(14-5-3-4-6-16(14)20-2)18-11-15(19)13-7-9-17-10-8-13/h3-10,12,15,18-19H,11H2,1-2H3. The zero-order valence-electron chi connectivity index (χ0n) is 11.8. The van der Waals surface area contributed by atoms with Crippen LogP contribution < -0.4 is 10.1 Å². The lowest BCUT2D eigenvalue weighted by Gasteiger charge is -2.19. The van der Waals surface area contributed by atoms with E-state index in [9.17, 15) is 5.11 Å². The summed E-state index contributed by atoms with van der Waals surface area (Å²) < 4.78 is 5.35. The van der Waals surface area contributed by atoms with Crippen LogP contribution in [0.1, 0.15) is 30.2 Å². The third-order valence-corrected chi connectivity index (χ3v) is 3.31. The maximum atomic E-state index is 10.1. The second-order valence-electron chi connectivity index (χ2n) is 4.67. The predicted molar refractivity (Wildman–Crippen MR) is 78.6 cm³/mol. The molecule has 20 heavy (non-hydrogen) atoms. The van der Waals surface area contributed by atoms with Crippen molar-refractivity contribution < 1.29 is 9.84 Å². The van der Waals surface area contributed by atoms with Gasteiger partial charge in [0, 0.05) is 30.5 Å². The Kier molecular flexibility index (Phi) is 5.09. The molecule has 0 aliphatic heterocycles. The highest BCUT2D eigenvalue weighted by Crippen LogP contribution is 2.24. The summed E-state index contributed by atoms with van der Waals surface area (Å²) in [6.07, 6.45) is 2.82. The van der Waals surface area contributed by atoms with Crippen molar-refractivity contribution in [2.24, 2.45) is 0 Å². The first-order valence-electron chi connectivity index (χ1n) is 6.66. The van der Waals surface area contributed by atoms with E-state index in [1.807, 2.05) is 36.4 Å². The molecule has 2 aromatic rings. The molecule has 0 fully saturated rings. The first kappa shape index (κ1) is 14.5. The Morgan fingerprint density at radius 2 is 1.90 bits per heavy atom. The summed E-state index contributed by atoms with van der Waals surface area (Å²) >= 11 is 0. The van der Waals surface area contributed by atoms with Crippen molar-refractivity contribution in [1.82, 2.24) is 10.3 Å². The van der Waals surface area contributed by atoms with Crippen molar-refractivity contribution in [3.05, 3.63) is 59.9 Å². The zero-order valence-corrected chi connectivity index (χ0v) is 11.8. The van der Waals surface area contributed by atoms with Gasteiger partial charge in [0.2, 0.25) is 0 Å². The molecule has 2 N–H and O–H groups in total. The van der Waals surface area contributed by atoms with Crippen LogP contribution in [0, 0.1) is 0 Å². The number of pyridine rings is 1. The van der Waals surface area contributed by atoms with Crippen molar-refractivity contribution in [1.29, 1.82) is 0 Å². The normalized spacial score (nSPS) is 13.8. The summed E-state index contributed by atoms with van der Waals surface area (Å²) in [5, 5.41) is 13.4. The van der Waals surface area contributed by atoms with Crippen LogP contribution in [0.5, 0.6) is 5.75 Å². The zero-order chi connectivity index (χ0) is 14.4. The fourth-order valence-corrected chi connectivity index (χ4v) is 2.13. The molecule has 0 spiro atoms. The van der Waals surface area contributed by atoms with Gasteiger partial charge in [0.05, 0.1) is 13.2 Å². The second-order valence-corrected chi connectivity index (χ2v) is 4.67. The number of nitrogens with one attached hydrogen (secondary N) is 1. The van der Waals surface area contributed by atoms with E-state index >= 15 is 0 Å². The van der Waals surface area contributed by atoms with Gasteiger partial charge in [-0.15, -0.1) is 0 Å². The SMILES string of the molecule is COc1ccccc1C(C)NCC(O)c1ccncc1. The van der Waals surface area contributed by atoms with E-state index in [4.69, 9.17) is 4.74 Å². The molecule has 0 aliphatic carbocycles. The summed E-state index contributed by atoms with van der Waals surface area (Å²) in [6, 6.07) is 11.6. The van der Waals surface area contributed by atoms with Crippen molar-refractivity contribution in [2.75, 3.05) is 13.7 Å². The number of ether oxygens (including phenoxy) is 1. The van der Waals surface area contributed by atoms with Crippen LogP contribution >= 0.6 is 0 Å². The highest BCUT2D eigenvalue weighted by atomic mass is 16.5. The number of nitrogens with zero attached hydrogens (tertiary/aromatic N) is 1. The molecular weight excluding hydrogens is 252 g/mol. The average Bonchev–Trinajstić information content (AvgIpc) is 2.53. The van der Waals surface area contributed by atoms with Crippen LogP contribution in [0.15, 0.2) is 48.8 Å². The van der Waals surface area contributed by atoms with Crippen LogP contribution in [0.3, 0.4) is 0 Å². The van der Waals surface area contributed by atoms with Crippen LogP contribution in [0.4, 0.5) is 0 Å². The number of hydrogen-bond acceptors (Lipinski definition) is 4. The minimum absolute atomic E-state index is 0.0997. The lowest BCUT2D eigenvalue weighted by atomic mass is 10.1. The number of benzene rings is 1. The molecule has 1 aromatic carbocycles. The van der Waals surface area contributed by atoms with Crippen molar-refractivity contribution in [3.63, 3.8) is 0 Å². The van der Waals surface area contributed by atoms with Crippen LogP contribution in [0.25, 0.3) is 0 Å². The smallest absolute Gasteiger partial charge is 0.123 e. The van der Waals surface area contributed by atoms with E-state index in [0.717, 1.165) is 16.9 Å². The number of rotatable bonds is 6. The molecule has 2 atom stereocenters. The van der Waals surface area contributed by atoms with Gasteiger partial charge in [-0.1, -0.05) is 18.2 Å². The molecule has 0 bridgehead atoms. The number of hydrogen-bond donors (Lipinski definition) is 2. The molecule has 0 amide bonds. The number of aromatic nitrogens is 1. The minimum Gasteiger partial charge on any atom is -0.496 e. The average molecular weight is 272 g/mol. The van der Waals surface area contributed by atoms with Gasteiger partial charge in [-0.05, 0) is 30.7 Å². The Morgan fingerprint density at radius 1 is 1.20 bits per heavy atom. The molecule has 4 heteroatoms. The summed E-state index contributed by atoms with van der Waals surface area (Å²) in [4.78, 5) is 3.95. The van der Waals surface area contributed by atoms with E-state index in [2.05, 4.69) is 17.2 Å². The Bertz CT molecular complexity index is 531. The van der Waals surface area contributed by atoms with Gasteiger partial charge in [-0.3, -0.25) is 4.98 Å². The van der Waals surface area contributed by atoms with Gasteiger partial charge in [0.25, 0.3) is 0 Å². The molecule has 4 nitrogen and oxygen atoms in total. The van der Waals surface area contributed by atoms with E-state index in [-0.39, 0.29) is 6.04 Å². The number of methoxy groups -OCH3 is 1. The summed E-state index contributed by atoms with van der Waals surface area (Å²) in [5.41, 5.74) is 1.94. The minimum atomic E-state index is -0.546. The molecule has 2 unspecified atom stereocenters. The fraction of sp³-hybridized carbons (Fsp3) is 0.312. The van der Waals surface area contributed by atoms with Gasteiger partial charge in [-0.2, -0.15) is 0 Å². The van der Waals surface area contributed by atoms with Crippen LogP contribution in [-0.2, 0) is 0 Å². The Hall–Kier alpha value is -1.91. The maximum Gasteiger partial charge on any atom is 0.123 e. The van der Waals surface area contributed by atoms with Crippen molar-refractivity contribution in [3.8, 4) is 5.75 Å². The van der Waals surface area contributed by atoms with Gasteiger partial charge < -0.3 is 15.2 Å². The Balaban J connectivity index is 1.97. The lowest BCUT2D eigenvalue weighted by Crippen LogP contribution is -2.25. The quantitative estimate of drug-likeness (QED) is 0.848. The molecule has 0 radical (unpaired) electrons.